The molecule has 80 valence electrons. The van der Waals surface area contributed by atoms with E-state index in [2.05, 4.69) is 8.37 Å². The van der Waals surface area contributed by atoms with Crippen LogP contribution < -0.4 is 0 Å². The van der Waals surface area contributed by atoms with Crippen LogP contribution in [-0.4, -0.2) is 47.4 Å². The van der Waals surface area contributed by atoms with Crippen molar-refractivity contribution in [3.63, 3.8) is 0 Å². The number of hydrogen-bond donors (Lipinski definition) is 0. The number of rotatable bonds is 6. The van der Waals surface area contributed by atoms with Crippen LogP contribution in [0.1, 0.15) is 13.3 Å². The molecule has 0 heterocycles. The van der Waals surface area contributed by atoms with Gasteiger partial charge < -0.3 is 4.48 Å². The fraction of sp³-hybridized carbons (Fsp3) is 1.00. The van der Waals surface area contributed by atoms with E-state index in [1.165, 1.54) is 0 Å². The summed E-state index contributed by atoms with van der Waals surface area (Å²) >= 11 is 0. The molecule has 0 fully saturated rings. The number of nitrogens with zero attached hydrogens (tertiary/aromatic N) is 1. The van der Waals surface area contributed by atoms with Crippen molar-refractivity contribution in [1.29, 1.82) is 0 Å². The van der Waals surface area contributed by atoms with Crippen LogP contribution in [-0.2, 0) is 18.8 Å². The van der Waals surface area contributed by atoms with E-state index in [9.17, 15) is 8.42 Å². The van der Waals surface area contributed by atoms with Gasteiger partial charge in [0, 0.05) is 0 Å². The standard InChI is InChI=1S/C7H18NO4S/c1-5-6-11-13(9,10)12-7-8(2,3)4/h5-7H2,1-4H3/q+1. The molecule has 0 unspecified atom stereocenters. The molecule has 13 heavy (non-hydrogen) atoms. The zero-order valence-corrected chi connectivity index (χ0v) is 9.43. The third kappa shape index (κ3) is 8.17. The lowest BCUT2D eigenvalue weighted by Gasteiger charge is -2.22. The molecule has 0 spiro atoms. The smallest absolute Gasteiger partial charge is 0.307 e. The summed E-state index contributed by atoms with van der Waals surface area (Å²) in [5.74, 6) is 0. The molecule has 0 atom stereocenters. The van der Waals surface area contributed by atoms with Gasteiger partial charge in [-0.2, -0.15) is 12.6 Å². The van der Waals surface area contributed by atoms with Gasteiger partial charge in [0.1, 0.15) is 0 Å². The Kier molecular flexibility index (Phi) is 4.83. The third-order valence-electron chi connectivity index (χ3n) is 1.02. The third-order valence-corrected chi connectivity index (χ3v) is 1.87. The Morgan fingerprint density at radius 1 is 1.15 bits per heavy atom. The summed E-state index contributed by atoms with van der Waals surface area (Å²) in [5, 5.41) is 0. The van der Waals surface area contributed by atoms with Crippen LogP contribution >= 0.6 is 0 Å². The summed E-state index contributed by atoms with van der Waals surface area (Å²) < 4.78 is 31.5. The van der Waals surface area contributed by atoms with Crippen LogP contribution in [0.2, 0.25) is 0 Å². The van der Waals surface area contributed by atoms with E-state index >= 15 is 0 Å². The highest BCUT2D eigenvalue weighted by molar-refractivity contribution is 7.81. The van der Waals surface area contributed by atoms with Gasteiger partial charge in [-0.3, -0.25) is 0 Å². The Morgan fingerprint density at radius 2 is 1.69 bits per heavy atom. The summed E-state index contributed by atoms with van der Waals surface area (Å²) in [7, 11) is 1.69. The second-order valence-corrected chi connectivity index (χ2v) is 5.06. The summed E-state index contributed by atoms with van der Waals surface area (Å²) in [6.07, 6.45) is 0.646. The zero-order chi connectivity index (χ0) is 10.5. The summed E-state index contributed by atoms with van der Waals surface area (Å²) in [6, 6.07) is 0. The molecular weight excluding hydrogens is 194 g/mol. The predicted octanol–water partition coefficient (Wildman–Crippen LogP) is 0.338. The van der Waals surface area contributed by atoms with Crippen molar-refractivity contribution in [2.75, 3.05) is 34.5 Å². The van der Waals surface area contributed by atoms with Gasteiger partial charge in [-0.15, -0.1) is 0 Å². The largest absolute Gasteiger partial charge is 0.404 e. The molecule has 6 heteroatoms. The molecule has 5 nitrogen and oxygen atoms in total. The Labute approximate surface area is 80.2 Å². The Hall–Kier alpha value is -0.170. The maximum Gasteiger partial charge on any atom is 0.404 e. The van der Waals surface area contributed by atoms with Gasteiger partial charge in [0.15, 0.2) is 0 Å². The highest BCUT2D eigenvalue weighted by Crippen LogP contribution is 2.00. The first-order valence-corrected chi connectivity index (χ1v) is 5.44. The topological polar surface area (TPSA) is 52.6 Å². The van der Waals surface area contributed by atoms with Crippen molar-refractivity contribution < 1.29 is 21.3 Å². The van der Waals surface area contributed by atoms with E-state index in [1.807, 2.05) is 28.1 Å². The zero-order valence-electron chi connectivity index (χ0n) is 8.61. The molecular formula is C7H18NO4S+. The monoisotopic (exact) mass is 212 g/mol. The summed E-state index contributed by atoms with van der Waals surface area (Å²) in [4.78, 5) is 0. The van der Waals surface area contributed by atoms with E-state index in [4.69, 9.17) is 0 Å². The molecule has 0 radical (unpaired) electrons. The molecule has 0 saturated heterocycles. The van der Waals surface area contributed by atoms with Crippen LogP contribution in [0, 0.1) is 0 Å². The molecule has 0 aliphatic carbocycles. The first-order valence-electron chi connectivity index (χ1n) is 4.11. The van der Waals surface area contributed by atoms with E-state index in [0.29, 0.717) is 10.9 Å². The van der Waals surface area contributed by atoms with Gasteiger partial charge in [-0.05, 0) is 6.42 Å². The normalized spacial score (nSPS) is 13.2. The van der Waals surface area contributed by atoms with E-state index in [1.54, 1.807) is 0 Å². The van der Waals surface area contributed by atoms with Crippen LogP contribution in [0.5, 0.6) is 0 Å². The van der Waals surface area contributed by atoms with Gasteiger partial charge in [-0.25, -0.2) is 4.18 Å². The van der Waals surface area contributed by atoms with Gasteiger partial charge in [0.2, 0.25) is 6.73 Å². The van der Waals surface area contributed by atoms with Crippen molar-refractivity contribution >= 4 is 10.4 Å². The summed E-state index contributed by atoms with van der Waals surface area (Å²) in [6.45, 7) is 2.07. The van der Waals surface area contributed by atoms with Gasteiger partial charge in [-0.1, -0.05) is 6.92 Å². The molecule has 0 aromatic rings. The Morgan fingerprint density at radius 3 is 2.08 bits per heavy atom. The Bertz CT molecular complexity index is 229. The highest BCUT2D eigenvalue weighted by atomic mass is 32.3. The number of quaternary nitrogens is 1. The molecule has 0 N–H and O–H groups in total. The van der Waals surface area contributed by atoms with Gasteiger partial charge >= 0.3 is 10.4 Å². The van der Waals surface area contributed by atoms with E-state index in [0.717, 1.165) is 0 Å². The minimum atomic E-state index is -3.79. The van der Waals surface area contributed by atoms with Crippen LogP contribution in [0.25, 0.3) is 0 Å². The SMILES string of the molecule is CCCOS(=O)(=O)OC[N+](C)(C)C. The van der Waals surface area contributed by atoms with Crippen LogP contribution in [0.15, 0.2) is 0 Å². The average molecular weight is 212 g/mol. The van der Waals surface area contributed by atoms with Gasteiger partial charge in [0.25, 0.3) is 0 Å². The fourth-order valence-electron chi connectivity index (χ4n) is 0.442. The summed E-state index contributed by atoms with van der Waals surface area (Å²) in [5.41, 5.74) is 0. The molecule has 0 aromatic carbocycles. The predicted molar refractivity (Wildman–Crippen MR) is 49.1 cm³/mol. The van der Waals surface area contributed by atoms with Crippen molar-refractivity contribution in [2.24, 2.45) is 0 Å². The van der Waals surface area contributed by atoms with Crippen LogP contribution in [0.4, 0.5) is 0 Å². The molecule has 0 aromatic heterocycles. The first kappa shape index (κ1) is 12.8. The number of hydrogen-bond acceptors (Lipinski definition) is 4. The second kappa shape index (κ2) is 4.90. The molecule has 0 amide bonds. The highest BCUT2D eigenvalue weighted by Gasteiger charge is 2.16. The van der Waals surface area contributed by atoms with Crippen LogP contribution in [0.3, 0.4) is 0 Å². The second-order valence-electron chi connectivity index (χ2n) is 3.77. The maximum absolute atomic E-state index is 11.0. The van der Waals surface area contributed by atoms with Crippen molar-refractivity contribution in [3.8, 4) is 0 Å². The van der Waals surface area contributed by atoms with Crippen molar-refractivity contribution in [2.45, 2.75) is 13.3 Å². The quantitative estimate of drug-likeness (QED) is 0.470. The van der Waals surface area contributed by atoms with Gasteiger partial charge in [0.05, 0.1) is 27.7 Å². The molecule has 0 aliphatic rings. The minimum absolute atomic E-state index is 0.0754. The van der Waals surface area contributed by atoms with Crippen molar-refractivity contribution in [3.05, 3.63) is 0 Å². The molecule has 0 saturated carbocycles. The molecule has 0 aliphatic heterocycles. The van der Waals surface area contributed by atoms with E-state index < -0.39 is 10.4 Å². The molecule has 0 rings (SSSR count). The lowest BCUT2D eigenvalue weighted by Crippen LogP contribution is -2.38. The van der Waals surface area contributed by atoms with E-state index in [-0.39, 0.29) is 13.3 Å². The van der Waals surface area contributed by atoms with Crippen molar-refractivity contribution in [1.82, 2.24) is 0 Å². The lowest BCUT2D eigenvalue weighted by molar-refractivity contribution is -0.886. The minimum Gasteiger partial charge on any atom is -0.307 e. The average Bonchev–Trinajstić information content (AvgIpc) is 1.97. The Balaban J connectivity index is 3.91. The molecule has 0 bridgehead atoms. The fourth-order valence-corrected chi connectivity index (χ4v) is 1.33. The maximum atomic E-state index is 11.0. The first-order chi connectivity index (χ1) is 5.77. The lowest BCUT2D eigenvalue weighted by atomic mass is 10.5.